The van der Waals surface area contributed by atoms with E-state index < -0.39 is 17.7 Å². The number of aromatic nitrogens is 2. The fourth-order valence-corrected chi connectivity index (χ4v) is 3.96. The first-order chi connectivity index (χ1) is 15.5. The van der Waals surface area contributed by atoms with E-state index in [-0.39, 0.29) is 17.3 Å². The molecule has 3 heterocycles. The molecule has 1 unspecified atom stereocenters. The Morgan fingerprint density at radius 1 is 1.09 bits per heavy atom. The maximum Gasteiger partial charge on any atom is 0.302 e. The molecule has 0 spiro atoms. The SMILES string of the molecule is COc1ccccc1/C(O)=C1\C(=O)C(=O)N(c2nc3ccccc3[nH]2)C1c1ccc(C)o1. The minimum absolute atomic E-state index is 0.102. The van der Waals surface area contributed by atoms with Gasteiger partial charge in [0.15, 0.2) is 0 Å². The highest BCUT2D eigenvalue weighted by Crippen LogP contribution is 2.43. The number of ketones is 1. The molecular weight excluding hydrogens is 410 g/mol. The van der Waals surface area contributed by atoms with Crippen molar-refractivity contribution in [2.24, 2.45) is 0 Å². The van der Waals surface area contributed by atoms with Crippen LogP contribution in [0.2, 0.25) is 0 Å². The molecule has 8 heteroatoms. The minimum Gasteiger partial charge on any atom is -0.507 e. The molecule has 0 bridgehead atoms. The number of carbonyl (C=O) groups excluding carboxylic acids is 2. The summed E-state index contributed by atoms with van der Waals surface area (Å²) in [7, 11) is 1.46. The second kappa shape index (κ2) is 7.42. The molecule has 32 heavy (non-hydrogen) atoms. The van der Waals surface area contributed by atoms with Gasteiger partial charge in [-0.3, -0.25) is 14.5 Å². The summed E-state index contributed by atoms with van der Waals surface area (Å²) in [6.45, 7) is 1.76. The molecule has 5 rings (SSSR count). The first kappa shape index (κ1) is 19.6. The Labute approximate surface area is 182 Å². The zero-order valence-corrected chi connectivity index (χ0v) is 17.3. The van der Waals surface area contributed by atoms with E-state index in [1.54, 1.807) is 49.4 Å². The molecule has 2 aromatic carbocycles. The lowest BCUT2D eigenvalue weighted by molar-refractivity contribution is -0.132. The lowest BCUT2D eigenvalue weighted by Crippen LogP contribution is -2.30. The number of benzene rings is 2. The van der Waals surface area contributed by atoms with Gasteiger partial charge in [0.25, 0.3) is 5.78 Å². The van der Waals surface area contributed by atoms with E-state index in [2.05, 4.69) is 9.97 Å². The van der Waals surface area contributed by atoms with Crippen LogP contribution in [0.15, 0.2) is 70.7 Å². The number of furan rings is 1. The number of imidazole rings is 1. The van der Waals surface area contributed by atoms with Gasteiger partial charge in [0, 0.05) is 0 Å². The van der Waals surface area contributed by atoms with Gasteiger partial charge in [-0.15, -0.1) is 0 Å². The first-order valence-electron chi connectivity index (χ1n) is 9.95. The van der Waals surface area contributed by atoms with Crippen LogP contribution in [-0.4, -0.2) is 33.9 Å². The number of methoxy groups -OCH3 is 1. The number of ether oxygens (including phenoxy) is 1. The predicted molar refractivity (Wildman–Crippen MR) is 117 cm³/mol. The predicted octanol–water partition coefficient (Wildman–Crippen LogP) is 4.10. The lowest BCUT2D eigenvalue weighted by Gasteiger charge is -2.21. The van der Waals surface area contributed by atoms with E-state index in [1.165, 1.54) is 12.0 Å². The van der Waals surface area contributed by atoms with E-state index in [9.17, 15) is 14.7 Å². The number of rotatable bonds is 4. The Kier molecular flexibility index (Phi) is 4.55. The molecule has 160 valence electrons. The minimum atomic E-state index is -1.01. The molecule has 1 aliphatic rings. The van der Waals surface area contributed by atoms with Gasteiger partial charge in [-0.1, -0.05) is 24.3 Å². The number of nitrogens with one attached hydrogen (secondary N) is 1. The molecule has 1 aliphatic heterocycles. The highest BCUT2D eigenvalue weighted by molar-refractivity contribution is 6.51. The fraction of sp³-hybridized carbons (Fsp3) is 0.125. The smallest absolute Gasteiger partial charge is 0.302 e. The number of carbonyl (C=O) groups is 2. The Morgan fingerprint density at radius 2 is 1.84 bits per heavy atom. The van der Waals surface area contributed by atoms with E-state index in [1.807, 2.05) is 18.2 Å². The van der Waals surface area contributed by atoms with Crippen molar-refractivity contribution in [3.05, 3.63) is 83.3 Å². The molecule has 1 saturated heterocycles. The number of H-pyrrole nitrogens is 1. The van der Waals surface area contributed by atoms with Gasteiger partial charge < -0.3 is 19.2 Å². The van der Waals surface area contributed by atoms with Crippen molar-refractivity contribution in [3.8, 4) is 5.75 Å². The monoisotopic (exact) mass is 429 g/mol. The summed E-state index contributed by atoms with van der Waals surface area (Å²) in [5, 5.41) is 11.2. The average Bonchev–Trinajstić information content (AvgIpc) is 3.49. The van der Waals surface area contributed by atoms with Crippen molar-refractivity contribution < 1.29 is 23.8 Å². The molecule has 1 atom stereocenters. The lowest BCUT2D eigenvalue weighted by atomic mass is 9.99. The van der Waals surface area contributed by atoms with Gasteiger partial charge in [-0.25, -0.2) is 4.98 Å². The summed E-state index contributed by atoms with van der Waals surface area (Å²) in [6.07, 6.45) is 0. The second-order valence-corrected chi connectivity index (χ2v) is 7.40. The van der Waals surface area contributed by atoms with Crippen LogP contribution in [0.4, 0.5) is 5.95 Å². The number of Topliss-reactive ketones (excluding diaryl/α,β-unsaturated/α-hetero) is 1. The highest BCUT2D eigenvalue weighted by atomic mass is 16.5. The van der Waals surface area contributed by atoms with Crippen molar-refractivity contribution >= 4 is 34.4 Å². The molecule has 0 radical (unpaired) electrons. The van der Waals surface area contributed by atoms with Crippen LogP contribution in [0.1, 0.15) is 23.1 Å². The molecule has 1 fully saturated rings. The van der Waals surface area contributed by atoms with E-state index in [0.29, 0.717) is 33.9 Å². The number of anilines is 1. The van der Waals surface area contributed by atoms with Crippen LogP contribution in [-0.2, 0) is 9.59 Å². The number of fused-ring (bicyclic) bond motifs is 1. The fourth-order valence-electron chi connectivity index (χ4n) is 3.96. The quantitative estimate of drug-likeness (QED) is 0.287. The summed E-state index contributed by atoms with van der Waals surface area (Å²) in [5.74, 6) is -0.516. The number of aromatic amines is 1. The Balaban J connectivity index is 1.75. The van der Waals surface area contributed by atoms with Crippen molar-refractivity contribution in [2.45, 2.75) is 13.0 Å². The van der Waals surface area contributed by atoms with E-state index in [4.69, 9.17) is 9.15 Å². The van der Waals surface area contributed by atoms with Crippen molar-refractivity contribution in [1.82, 2.24) is 9.97 Å². The maximum atomic E-state index is 13.2. The van der Waals surface area contributed by atoms with Crippen LogP contribution >= 0.6 is 0 Å². The zero-order valence-electron chi connectivity index (χ0n) is 17.3. The molecule has 2 N–H and O–H groups in total. The molecule has 1 amide bonds. The molecule has 0 saturated carbocycles. The highest BCUT2D eigenvalue weighted by Gasteiger charge is 2.49. The number of aliphatic hydroxyl groups is 1. The van der Waals surface area contributed by atoms with Gasteiger partial charge in [0.05, 0.1) is 29.3 Å². The summed E-state index contributed by atoms with van der Waals surface area (Å²) in [5.41, 5.74) is 1.55. The number of nitrogens with zero attached hydrogens (tertiary/aromatic N) is 2. The number of hydrogen-bond donors (Lipinski definition) is 2. The number of hydrogen-bond acceptors (Lipinski definition) is 6. The van der Waals surface area contributed by atoms with Gasteiger partial charge in [0.2, 0.25) is 5.95 Å². The van der Waals surface area contributed by atoms with Crippen LogP contribution in [0, 0.1) is 6.92 Å². The molecule has 2 aromatic heterocycles. The maximum absolute atomic E-state index is 13.2. The van der Waals surface area contributed by atoms with Gasteiger partial charge >= 0.3 is 5.91 Å². The standard InChI is InChI=1S/C24H19N3O5/c1-13-11-12-18(32-13)20-19(21(28)14-7-3-6-10-17(14)31-2)22(29)23(30)27(20)24-25-15-8-4-5-9-16(15)26-24/h3-12,20,28H,1-2H3,(H,25,26)/b21-19+. The summed E-state index contributed by atoms with van der Waals surface area (Å²) >= 11 is 0. The third kappa shape index (κ3) is 2.96. The topological polar surface area (TPSA) is 109 Å². The number of amides is 1. The largest absolute Gasteiger partial charge is 0.507 e. The molecule has 8 nitrogen and oxygen atoms in total. The Hall–Kier alpha value is -4.33. The van der Waals surface area contributed by atoms with Gasteiger partial charge in [-0.05, 0) is 43.3 Å². The van der Waals surface area contributed by atoms with Crippen LogP contribution in [0.3, 0.4) is 0 Å². The van der Waals surface area contributed by atoms with Gasteiger partial charge in [0.1, 0.15) is 29.1 Å². The van der Waals surface area contributed by atoms with Crippen LogP contribution in [0.25, 0.3) is 16.8 Å². The summed E-state index contributed by atoms with van der Waals surface area (Å²) in [4.78, 5) is 35.1. The summed E-state index contributed by atoms with van der Waals surface area (Å²) < 4.78 is 11.1. The Morgan fingerprint density at radius 3 is 2.56 bits per heavy atom. The second-order valence-electron chi connectivity index (χ2n) is 7.40. The number of aliphatic hydroxyl groups excluding tert-OH is 1. The number of aryl methyl sites for hydroxylation is 1. The van der Waals surface area contributed by atoms with Crippen molar-refractivity contribution in [1.29, 1.82) is 0 Å². The molecule has 4 aromatic rings. The number of para-hydroxylation sites is 3. The van der Waals surface area contributed by atoms with E-state index >= 15 is 0 Å². The zero-order chi connectivity index (χ0) is 22.4. The van der Waals surface area contributed by atoms with Crippen LogP contribution < -0.4 is 9.64 Å². The summed E-state index contributed by atoms with van der Waals surface area (Å²) in [6, 6.07) is 16.4. The van der Waals surface area contributed by atoms with Crippen LogP contribution in [0.5, 0.6) is 5.75 Å². The molecule has 0 aliphatic carbocycles. The van der Waals surface area contributed by atoms with E-state index in [0.717, 1.165) is 0 Å². The Bertz CT molecular complexity index is 1360. The third-order valence-electron chi connectivity index (χ3n) is 5.44. The van der Waals surface area contributed by atoms with Crippen molar-refractivity contribution in [3.63, 3.8) is 0 Å². The van der Waals surface area contributed by atoms with Crippen molar-refractivity contribution in [2.75, 3.05) is 12.0 Å². The van der Waals surface area contributed by atoms with Gasteiger partial charge in [-0.2, -0.15) is 0 Å². The third-order valence-corrected chi connectivity index (χ3v) is 5.44. The first-order valence-corrected chi connectivity index (χ1v) is 9.95. The average molecular weight is 429 g/mol. The normalized spacial score (nSPS) is 17.9. The molecular formula is C24H19N3O5.